The first-order valence-corrected chi connectivity index (χ1v) is 9.94. The average molecular weight is 361 g/mol. The Balaban J connectivity index is 0.00000192. The maximum absolute atomic E-state index is 4.64. The van der Waals surface area contributed by atoms with E-state index in [1.165, 1.54) is 42.1 Å². The molecule has 0 saturated heterocycles. The van der Waals surface area contributed by atoms with Crippen molar-refractivity contribution < 1.29 is 1.43 Å². The third-order valence-corrected chi connectivity index (χ3v) is 5.85. The number of hydrogen-bond acceptors (Lipinski definition) is 3. The van der Waals surface area contributed by atoms with Crippen molar-refractivity contribution in [2.75, 3.05) is 0 Å². The molecular weight excluding hydrogens is 334 g/mol. The van der Waals surface area contributed by atoms with Crippen LogP contribution in [-0.4, -0.2) is 25.6 Å². The van der Waals surface area contributed by atoms with E-state index in [1.807, 2.05) is 18.7 Å². The quantitative estimate of drug-likeness (QED) is 0.512. The monoisotopic (exact) mass is 361 g/mol. The molecule has 2 N–H and O–H groups in total. The van der Waals surface area contributed by atoms with E-state index < -0.39 is 0 Å². The number of fused-ring (bicyclic) bond motifs is 3. The van der Waals surface area contributed by atoms with E-state index in [9.17, 15) is 0 Å². The van der Waals surface area contributed by atoms with Gasteiger partial charge < -0.3 is 14.9 Å². The Labute approximate surface area is 160 Å². The highest BCUT2D eigenvalue weighted by Gasteiger charge is 2.23. The van der Waals surface area contributed by atoms with E-state index in [-0.39, 0.29) is 1.43 Å². The molecule has 1 aromatic carbocycles. The lowest BCUT2D eigenvalue weighted by molar-refractivity contribution is 0.384. The van der Waals surface area contributed by atoms with Gasteiger partial charge in [-0.3, -0.25) is 0 Å². The standard InChI is InChI=1S/C22H25N5.H2/c1-2-6-16(7-3-1)13-24-17-8-4-5-9-18(12-17)27-15-26-20-14-25-22-19(21(20)27)10-11-23-22;/h1-3,6-7,10-11,14-15,17-18,24H,4-5,8-9,12-13H2,(H,23,25);1H/t17-,18+;/m1./s1. The van der Waals surface area contributed by atoms with Crippen molar-refractivity contribution in [2.45, 2.75) is 50.7 Å². The zero-order chi connectivity index (χ0) is 18.1. The molecule has 0 aliphatic heterocycles. The van der Waals surface area contributed by atoms with Crippen LogP contribution in [0.5, 0.6) is 0 Å². The summed E-state index contributed by atoms with van der Waals surface area (Å²) < 4.78 is 2.40. The average Bonchev–Trinajstić information content (AvgIpc) is 3.28. The summed E-state index contributed by atoms with van der Waals surface area (Å²) in [5, 5.41) is 4.97. The fourth-order valence-electron chi connectivity index (χ4n) is 4.44. The summed E-state index contributed by atoms with van der Waals surface area (Å²) in [6.45, 7) is 0.939. The number of pyridine rings is 1. The van der Waals surface area contributed by atoms with Crippen molar-refractivity contribution in [1.82, 2.24) is 24.8 Å². The molecule has 1 aliphatic carbocycles. The van der Waals surface area contributed by atoms with Crippen LogP contribution >= 0.6 is 0 Å². The summed E-state index contributed by atoms with van der Waals surface area (Å²) in [6.07, 6.45) is 12.0. The fourth-order valence-corrected chi connectivity index (χ4v) is 4.44. The summed E-state index contributed by atoms with van der Waals surface area (Å²) in [6, 6.07) is 13.8. The molecule has 1 saturated carbocycles. The number of H-pyrrole nitrogens is 1. The molecule has 140 valence electrons. The lowest BCUT2D eigenvalue weighted by Crippen LogP contribution is -2.30. The summed E-state index contributed by atoms with van der Waals surface area (Å²) in [7, 11) is 0. The van der Waals surface area contributed by atoms with Crippen molar-refractivity contribution in [2.24, 2.45) is 0 Å². The SMILES string of the molecule is [HH].c1ccc(CN[C@@H]2CCCC[C@H](n3cnc4cnc5[nH]ccc5c43)C2)cc1. The van der Waals surface area contributed by atoms with Gasteiger partial charge in [0, 0.05) is 31.6 Å². The second kappa shape index (κ2) is 7.16. The predicted molar refractivity (Wildman–Crippen MR) is 111 cm³/mol. The molecule has 0 spiro atoms. The molecule has 27 heavy (non-hydrogen) atoms. The summed E-state index contributed by atoms with van der Waals surface area (Å²) in [4.78, 5) is 12.3. The number of aromatic amines is 1. The van der Waals surface area contributed by atoms with Crippen molar-refractivity contribution in [3.63, 3.8) is 0 Å². The molecule has 0 bridgehead atoms. The minimum Gasteiger partial charge on any atom is -0.346 e. The van der Waals surface area contributed by atoms with Crippen LogP contribution in [0.2, 0.25) is 0 Å². The number of hydrogen-bond donors (Lipinski definition) is 2. The highest BCUT2D eigenvalue weighted by Crippen LogP contribution is 2.32. The van der Waals surface area contributed by atoms with Crippen LogP contribution in [0.25, 0.3) is 22.1 Å². The Morgan fingerprint density at radius 3 is 2.93 bits per heavy atom. The van der Waals surface area contributed by atoms with E-state index in [0.29, 0.717) is 12.1 Å². The zero-order valence-electron chi connectivity index (χ0n) is 15.4. The fraction of sp³-hybridized carbons (Fsp3) is 0.364. The Bertz CT molecular complexity index is 1040. The molecule has 0 amide bonds. The topological polar surface area (TPSA) is 58.5 Å². The van der Waals surface area contributed by atoms with Gasteiger partial charge in [-0.15, -0.1) is 0 Å². The van der Waals surface area contributed by atoms with Crippen LogP contribution in [0, 0.1) is 0 Å². The van der Waals surface area contributed by atoms with Crippen molar-refractivity contribution in [1.29, 1.82) is 0 Å². The molecule has 1 fully saturated rings. The first-order valence-electron chi connectivity index (χ1n) is 9.94. The van der Waals surface area contributed by atoms with Gasteiger partial charge in [-0.2, -0.15) is 0 Å². The van der Waals surface area contributed by atoms with E-state index in [4.69, 9.17) is 0 Å². The minimum atomic E-state index is 0. The number of rotatable bonds is 4. The molecule has 1 aliphatic rings. The van der Waals surface area contributed by atoms with E-state index in [2.05, 4.69) is 61.2 Å². The number of nitrogens with one attached hydrogen (secondary N) is 2. The first kappa shape index (κ1) is 16.5. The molecule has 3 aromatic heterocycles. The highest BCUT2D eigenvalue weighted by atomic mass is 15.1. The van der Waals surface area contributed by atoms with Gasteiger partial charge in [0.05, 0.1) is 18.0 Å². The van der Waals surface area contributed by atoms with Crippen molar-refractivity contribution >= 4 is 22.1 Å². The van der Waals surface area contributed by atoms with E-state index in [1.54, 1.807) is 0 Å². The molecule has 5 nitrogen and oxygen atoms in total. The maximum atomic E-state index is 4.64. The largest absolute Gasteiger partial charge is 0.346 e. The third-order valence-electron chi connectivity index (χ3n) is 5.85. The number of benzene rings is 1. The smallest absolute Gasteiger partial charge is 0.139 e. The molecule has 2 atom stereocenters. The van der Waals surface area contributed by atoms with Crippen LogP contribution < -0.4 is 5.32 Å². The van der Waals surface area contributed by atoms with Gasteiger partial charge in [0.2, 0.25) is 0 Å². The molecule has 0 unspecified atom stereocenters. The van der Waals surface area contributed by atoms with E-state index in [0.717, 1.165) is 24.1 Å². The second-order valence-electron chi connectivity index (χ2n) is 7.62. The summed E-state index contributed by atoms with van der Waals surface area (Å²) >= 11 is 0. The lowest BCUT2D eigenvalue weighted by Gasteiger charge is -2.23. The normalized spacial score (nSPS) is 20.9. The Morgan fingerprint density at radius 1 is 1.11 bits per heavy atom. The van der Waals surface area contributed by atoms with Gasteiger partial charge >= 0.3 is 0 Å². The van der Waals surface area contributed by atoms with Gasteiger partial charge in [0.25, 0.3) is 0 Å². The van der Waals surface area contributed by atoms with Gasteiger partial charge in [-0.25, -0.2) is 9.97 Å². The zero-order valence-corrected chi connectivity index (χ0v) is 15.4. The van der Waals surface area contributed by atoms with Crippen molar-refractivity contribution in [3.8, 4) is 0 Å². The third kappa shape index (κ3) is 3.23. The minimum absolute atomic E-state index is 0. The van der Waals surface area contributed by atoms with Gasteiger partial charge in [-0.05, 0) is 30.9 Å². The van der Waals surface area contributed by atoms with Crippen LogP contribution in [0.3, 0.4) is 0 Å². The second-order valence-corrected chi connectivity index (χ2v) is 7.62. The van der Waals surface area contributed by atoms with Gasteiger partial charge in [0.1, 0.15) is 11.2 Å². The Kier molecular flexibility index (Phi) is 4.38. The molecule has 0 radical (unpaired) electrons. The summed E-state index contributed by atoms with van der Waals surface area (Å²) in [5.74, 6) is 0. The molecule has 5 heteroatoms. The summed E-state index contributed by atoms with van der Waals surface area (Å²) in [5.41, 5.74) is 4.50. The number of aromatic nitrogens is 4. The van der Waals surface area contributed by atoms with Crippen LogP contribution in [0.15, 0.2) is 55.1 Å². The Morgan fingerprint density at radius 2 is 2.00 bits per heavy atom. The van der Waals surface area contributed by atoms with Crippen LogP contribution in [0.1, 0.15) is 45.1 Å². The van der Waals surface area contributed by atoms with Crippen molar-refractivity contribution in [3.05, 3.63) is 60.7 Å². The van der Waals surface area contributed by atoms with Gasteiger partial charge in [0.15, 0.2) is 0 Å². The molecule has 5 rings (SSSR count). The van der Waals surface area contributed by atoms with Crippen LogP contribution in [-0.2, 0) is 6.54 Å². The maximum Gasteiger partial charge on any atom is 0.139 e. The molecule has 4 aromatic rings. The van der Waals surface area contributed by atoms with Gasteiger partial charge in [-0.1, -0.05) is 43.2 Å². The number of nitrogens with zero attached hydrogens (tertiary/aromatic N) is 3. The Hall–Kier alpha value is -2.66. The molecular formula is C22H27N5. The predicted octanol–water partition coefficient (Wildman–Crippen LogP) is 4.82. The number of imidazole rings is 1. The first-order chi connectivity index (χ1) is 13.4. The lowest BCUT2D eigenvalue weighted by atomic mass is 10.0. The highest BCUT2D eigenvalue weighted by molar-refractivity contribution is 6.00. The van der Waals surface area contributed by atoms with Crippen LogP contribution in [0.4, 0.5) is 0 Å². The van der Waals surface area contributed by atoms with E-state index >= 15 is 0 Å². The molecule has 3 heterocycles.